The summed E-state index contributed by atoms with van der Waals surface area (Å²) in [7, 11) is 0. The van der Waals surface area contributed by atoms with Gasteiger partial charge in [-0.3, -0.25) is 9.48 Å². The van der Waals surface area contributed by atoms with Crippen LogP contribution in [0.3, 0.4) is 0 Å². The van der Waals surface area contributed by atoms with Crippen LogP contribution < -0.4 is 0 Å². The van der Waals surface area contributed by atoms with Crippen LogP contribution in [0.5, 0.6) is 0 Å². The average Bonchev–Trinajstić information content (AvgIpc) is 2.78. The van der Waals surface area contributed by atoms with E-state index in [1.807, 2.05) is 17.8 Å². The van der Waals surface area contributed by atoms with Gasteiger partial charge in [0.05, 0.1) is 12.1 Å². The molecule has 1 aromatic heterocycles. The van der Waals surface area contributed by atoms with Crippen LogP contribution in [0, 0.1) is 5.92 Å². The van der Waals surface area contributed by atoms with Crippen molar-refractivity contribution in [2.24, 2.45) is 5.92 Å². The predicted molar refractivity (Wildman–Crippen MR) is 46.4 cm³/mol. The summed E-state index contributed by atoms with van der Waals surface area (Å²) in [6.07, 6.45) is 4.48. The summed E-state index contributed by atoms with van der Waals surface area (Å²) in [4.78, 5) is 10.6. The van der Waals surface area contributed by atoms with E-state index in [9.17, 15) is 4.79 Å². The Labute approximate surface area is 76.2 Å². The Kier molecular flexibility index (Phi) is 1.83. The molecule has 0 bridgehead atoms. The summed E-state index contributed by atoms with van der Waals surface area (Å²) < 4.78 is 1.83. The van der Waals surface area contributed by atoms with Gasteiger partial charge in [-0.15, -0.1) is 0 Å². The molecule has 1 fully saturated rings. The lowest BCUT2D eigenvalue weighted by Crippen LogP contribution is -1.98. The minimum Gasteiger partial charge on any atom is -0.481 e. The molecule has 0 amide bonds. The number of nitrogens with zero attached hydrogens (tertiary/aromatic N) is 2. The lowest BCUT2D eigenvalue weighted by atomic mass is 10.2. The lowest BCUT2D eigenvalue weighted by molar-refractivity contribution is -0.138. The highest BCUT2D eigenvalue weighted by molar-refractivity contribution is 5.75. The molecular formula is C9H12N2O2. The summed E-state index contributed by atoms with van der Waals surface area (Å²) in [5.41, 5.74) is 1.06. The fourth-order valence-corrected chi connectivity index (χ4v) is 1.58. The van der Waals surface area contributed by atoms with Crippen molar-refractivity contribution >= 4 is 5.97 Å². The third-order valence-corrected chi connectivity index (χ3v) is 2.51. The van der Waals surface area contributed by atoms with Crippen molar-refractivity contribution in [3.8, 4) is 0 Å². The SMILES string of the molecule is CCn1cc([C@H]2C[C@H]2C(=O)O)cn1. The Morgan fingerprint density at radius 2 is 2.62 bits per heavy atom. The van der Waals surface area contributed by atoms with E-state index in [1.54, 1.807) is 6.20 Å². The van der Waals surface area contributed by atoms with Gasteiger partial charge in [-0.1, -0.05) is 0 Å². The minimum absolute atomic E-state index is 0.172. The summed E-state index contributed by atoms with van der Waals surface area (Å²) in [5.74, 6) is -0.651. The van der Waals surface area contributed by atoms with Crippen molar-refractivity contribution in [1.82, 2.24) is 9.78 Å². The van der Waals surface area contributed by atoms with E-state index in [4.69, 9.17) is 5.11 Å². The molecule has 70 valence electrons. The van der Waals surface area contributed by atoms with Crippen molar-refractivity contribution in [2.45, 2.75) is 25.8 Å². The van der Waals surface area contributed by atoms with Gasteiger partial charge >= 0.3 is 5.97 Å². The number of carboxylic acids is 1. The zero-order chi connectivity index (χ0) is 9.42. The number of aliphatic carboxylic acids is 1. The molecule has 2 atom stereocenters. The number of carboxylic acid groups (broad SMARTS) is 1. The predicted octanol–water partition coefficient (Wildman–Crippen LogP) is 1.09. The van der Waals surface area contributed by atoms with Crippen molar-refractivity contribution in [1.29, 1.82) is 0 Å². The van der Waals surface area contributed by atoms with Gasteiger partial charge in [0, 0.05) is 18.7 Å². The molecule has 0 aromatic carbocycles. The Morgan fingerprint density at radius 1 is 1.85 bits per heavy atom. The van der Waals surface area contributed by atoms with Crippen molar-refractivity contribution < 1.29 is 9.90 Å². The lowest BCUT2D eigenvalue weighted by Gasteiger charge is -1.91. The zero-order valence-corrected chi connectivity index (χ0v) is 7.47. The molecule has 0 saturated heterocycles. The first-order valence-corrected chi connectivity index (χ1v) is 4.47. The van der Waals surface area contributed by atoms with E-state index in [0.29, 0.717) is 0 Å². The maximum absolute atomic E-state index is 10.6. The van der Waals surface area contributed by atoms with Crippen LogP contribution in [0.25, 0.3) is 0 Å². The van der Waals surface area contributed by atoms with Gasteiger partial charge in [-0.2, -0.15) is 5.10 Å². The Bertz CT molecular complexity index is 332. The molecule has 2 rings (SSSR count). The van der Waals surface area contributed by atoms with Crippen molar-refractivity contribution in [3.63, 3.8) is 0 Å². The molecule has 1 aliphatic carbocycles. The molecule has 4 nitrogen and oxygen atoms in total. The first-order chi connectivity index (χ1) is 6.22. The van der Waals surface area contributed by atoms with E-state index in [0.717, 1.165) is 18.5 Å². The molecule has 0 spiro atoms. The molecule has 0 unspecified atom stereocenters. The minimum atomic E-state index is -0.686. The molecular weight excluding hydrogens is 168 g/mol. The Balaban J connectivity index is 2.07. The zero-order valence-electron chi connectivity index (χ0n) is 7.47. The van der Waals surface area contributed by atoms with Crippen LogP contribution in [-0.4, -0.2) is 20.9 Å². The highest BCUT2D eigenvalue weighted by atomic mass is 16.4. The van der Waals surface area contributed by atoms with Crippen LogP contribution in [0.15, 0.2) is 12.4 Å². The fraction of sp³-hybridized carbons (Fsp3) is 0.556. The maximum Gasteiger partial charge on any atom is 0.307 e. The average molecular weight is 180 g/mol. The van der Waals surface area contributed by atoms with Crippen LogP contribution in [0.1, 0.15) is 24.8 Å². The van der Waals surface area contributed by atoms with Crippen LogP contribution in [0.4, 0.5) is 0 Å². The molecule has 1 aromatic rings. The van der Waals surface area contributed by atoms with E-state index < -0.39 is 5.97 Å². The van der Waals surface area contributed by atoms with E-state index >= 15 is 0 Å². The largest absolute Gasteiger partial charge is 0.481 e. The topological polar surface area (TPSA) is 55.1 Å². The van der Waals surface area contributed by atoms with E-state index in [2.05, 4.69) is 5.10 Å². The number of aromatic nitrogens is 2. The summed E-state index contributed by atoms with van der Waals surface area (Å²) >= 11 is 0. The molecule has 0 aliphatic heterocycles. The highest BCUT2D eigenvalue weighted by Gasteiger charge is 2.44. The van der Waals surface area contributed by atoms with Crippen LogP contribution in [-0.2, 0) is 11.3 Å². The van der Waals surface area contributed by atoms with Gasteiger partial charge in [0.1, 0.15) is 0 Å². The Morgan fingerprint density at radius 3 is 3.08 bits per heavy atom. The summed E-state index contributed by atoms with van der Waals surface area (Å²) in [6.45, 7) is 2.85. The third-order valence-electron chi connectivity index (χ3n) is 2.51. The standard InChI is InChI=1S/C9H12N2O2/c1-2-11-5-6(4-10-11)7-3-8(7)9(12)13/h4-5,7-8H,2-3H2,1H3,(H,12,13)/t7-,8-/m1/s1. The number of hydrogen-bond donors (Lipinski definition) is 1. The maximum atomic E-state index is 10.6. The molecule has 4 heteroatoms. The second kappa shape index (κ2) is 2.87. The number of carbonyl (C=O) groups is 1. The van der Waals surface area contributed by atoms with Gasteiger partial charge in [0.15, 0.2) is 0 Å². The number of aryl methyl sites for hydroxylation is 1. The molecule has 1 aliphatic rings. The number of hydrogen-bond acceptors (Lipinski definition) is 2. The molecule has 1 N–H and O–H groups in total. The second-order valence-electron chi connectivity index (χ2n) is 3.42. The van der Waals surface area contributed by atoms with Gasteiger partial charge in [0.2, 0.25) is 0 Å². The van der Waals surface area contributed by atoms with Crippen molar-refractivity contribution in [2.75, 3.05) is 0 Å². The van der Waals surface area contributed by atoms with Crippen LogP contribution in [0.2, 0.25) is 0 Å². The van der Waals surface area contributed by atoms with Crippen LogP contribution >= 0.6 is 0 Å². The summed E-state index contributed by atoms with van der Waals surface area (Å²) in [6, 6.07) is 0. The number of rotatable bonds is 3. The quantitative estimate of drug-likeness (QED) is 0.757. The second-order valence-corrected chi connectivity index (χ2v) is 3.42. The van der Waals surface area contributed by atoms with Gasteiger partial charge in [-0.25, -0.2) is 0 Å². The highest BCUT2D eigenvalue weighted by Crippen LogP contribution is 2.47. The monoisotopic (exact) mass is 180 g/mol. The fourth-order valence-electron chi connectivity index (χ4n) is 1.58. The molecule has 1 saturated carbocycles. The van der Waals surface area contributed by atoms with Gasteiger partial charge in [0.25, 0.3) is 0 Å². The molecule has 1 heterocycles. The van der Waals surface area contributed by atoms with E-state index in [1.165, 1.54) is 0 Å². The summed E-state index contributed by atoms with van der Waals surface area (Å²) in [5, 5.41) is 12.8. The van der Waals surface area contributed by atoms with Crippen molar-refractivity contribution in [3.05, 3.63) is 18.0 Å². The first kappa shape index (κ1) is 8.29. The molecule has 0 radical (unpaired) electrons. The normalized spacial score (nSPS) is 25.9. The Hall–Kier alpha value is -1.32. The van der Waals surface area contributed by atoms with E-state index in [-0.39, 0.29) is 11.8 Å². The first-order valence-electron chi connectivity index (χ1n) is 4.47. The molecule has 13 heavy (non-hydrogen) atoms. The third kappa shape index (κ3) is 1.43. The van der Waals surface area contributed by atoms with Gasteiger partial charge < -0.3 is 5.11 Å². The van der Waals surface area contributed by atoms with Gasteiger partial charge in [-0.05, 0) is 18.9 Å². The smallest absolute Gasteiger partial charge is 0.307 e.